The molecule has 0 unspecified atom stereocenters. The average molecular weight is 207 g/mol. The van der Waals surface area contributed by atoms with Crippen LogP contribution in [0.2, 0.25) is 0 Å². The van der Waals surface area contributed by atoms with Crippen LogP contribution in [0.1, 0.15) is 18.4 Å². The van der Waals surface area contributed by atoms with Gasteiger partial charge in [-0.05, 0) is 25.3 Å². The molecule has 0 radical (unpaired) electrons. The zero-order valence-corrected chi connectivity index (χ0v) is 8.53. The number of hydrogen-bond acceptors (Lipinski definition) is 4. The second-order valence-electron chi connectivity index (χ2n) is 4.02. The molecule has 1 aliphatic rings. The molecule has 1 heterocycles. The number of nitrogens with zero attached hydrogens (tertiary/aromatic N) is 2. The van der Waals surface area contributed by atoms with E-state index in [2.05, 4.69) is 15.3 Å². The minimum Gasteiger partial charge on any atom is -0.481 e. The molecule has 80 valence electrons. The molecule has 0 saturated heterocycles. The van der Waals surface area contributed by atoms with Crippen LogP contribution in [-0.2, 0) is 4.79 Å². The van der Waals surface area contributed by atoms with Crippen molar-refractivity contribution in [2.24, 2.45) is 5.41 Å². The predicted octanol–water partition coefficient (Wildman–Crippen LogP) is 1.06. The lowest BCUT2D eigenvalue weighted by molar-refractivity contribution is -0.142. The molecule has 1 saturated carbocycles. The van der Waals surface area contributed by atoms with Gasteiger partial charge in [-0.2, -0.15) is 0 Å². The molecule has 1 fully saturated rings. The monoisotopic (exact) mass is 207 g/mol. The van der Waals surface area contributed by atoms with E-state index in [4.69, 9.17) is 5.11 Å². The number of aryl methyl sites for hydroxylation is 1. The Morgan fingerprint density at radius 2 is 2.13 bits per heavy atom. The lowest BCUT2D eigenvalue weighted by atomic mass is 10.1. The second-order valence-corrected chi connectivity index (χ2v) is 4.02. The van der Waals surface area contributed by atoms with Gasteiger partial charge in [0.1, 0.15) is 0 Å². The number of aromatic nitrogens is 2. The molecule has 1 aliphatic carbocycles. The Kier molecular flexibility index (Phi) is 2.30. The summed E-state index contributed by atoms with van der Waals surface area (Å²) in [5.74, 6) is -0.241. The molecule has 0 amide bonds. The van der Waals surface area contributed by atoms with Crippen molar-refractivity contribution >= 4 is 11.9 Å². The summed E-state index contributed by atoms with van der Waals surface area (Å²) >= 11 is 0. The van der Waals surface area contributed by atoms with Gasteiger partial charge < -0.3 is 10.4 Å². The van der Waals surface area contributed by atoms with Crippen molar-refractivity contribution in [1.82, 2.24) is 9.97 Å². The molecule has 2 N–H and O–H groups in total. The number of rotatable bonds is 4. The molecule has 0 atom stereocenters. The van der Waals surface area contributed by atoms with Gasteiger partial charge in [0.2, 0.25) is 5.95 Å². The number of hydrogen-bond donors (Lipinski definition) is 2. The van der Waals surface area contributed by atoms with Gasteiger partial charge in [-0.15, -0.1) is 0 Å². The zero-order chi connectivity index (χ0) is 10.9. The molecule has 1 aromatic heterocycles. The SMILES string of the molecule is Cc1cnc(NCC2(C(=O)O)CC2)nc1. The van der Waals surface area contributed by atoms with E-state index in [1.165, 1.54) is 0 Å². The number of carboxylic acid groups (broad SMARTS) is 1. The largest absolute Gasteiger partial charge is 0.481 e. The highest BCUT2D eigenvalue weighted by atomic mass is 16.4. The molecular formula is C10H13N3O2. The van der Waals surface area contributed by atoms with E-state index in [0.717, 1.165) is 18.4 Å². The van der Waals surface area contributed by atoms with E-state index in [9.17, 15) is 4.79 Å². The van der Waals surface area contributed by atoms with Crippen molar-refractivity contribution in [3.8, 4) is 0 Å². The Morgan fingerprint density at radius 1 is 1.53 bits per heavy atom. The molecule has 0 aliphatic heterocycles. The molecule has 5 nitrogen and oxygen atoms in total. The topological polar surface area (TPSA) is 75.1 Å². The zero-order valence-electron chi connectivity index (χ0n) is 8.53. The fourth-order valence-corrected chi connectivity index (χ4v) is 1.35. The predicted molar refractivity (Wildman–Crippen MR) is 54.6 cm³/mol. The first-order valence-electron chi connectivity index (χ1n) is 4.88. The van der Waals surface area contributed by atoms with Crippen LogP contribution in [0.15, 0.2) is 12.4 Å². The number of anilines is 1. The van der Waals surface area contributed by atoms with E-state index in [1.54, 1.807) is 12.4 Å². The van der Waals surface area contributed by atoms with Crippen LogP contribution in [0.25, 0.3) is 0 Å². The van der Waals surface area contributed by atoms with Gasteiger partial charge in [0, 0.05) is 18.9 Å². The van der Waals surface area contributed by atoms with Gasteiger partial charge in [-0.25, -0.2) is 9.97 Å². The summed E-state index contributed by atoms with van der Waals surface area (Å²) in [6.45, 7) is 2.31. The first kappa shape index (κ1) is 9.89. The first-order valence-corrected chi connectivity index (χ1v) is 4.88. The Morgan fingerprint density at radius 3 is 2.60 bits per heavy atom. The quantitative estimate of drug-likeness (QED) is 0.772. The highest BCUT2D eigenvalue weighted by molar-refractivity contribution is 5.78. The van der Waals surface area contributed by atoms with Crippen LogP contribution in [-0.4, -0.2) is 27.6 Å². The average Bonchev–Trinajstić information content (AvgIpc) is 2.98. The van der Waals surface area contributed by atoms with Crippen LogP contribution < -0.4 is 5.32 Å². The summed E-state index contributed by atoms with van der Waals surface area (Å²) in [5, 5.41) is 11.9. The fourth-order valence-electron chi connectivity index (χ4n) is 1.35. The van der Waals surface area contributed by atoms with Gasteiger partial charge in [-0.3, -0.25) is 4.79 Å². The second kappa shape index (κ2) is 3.49. The highest BCUT2D eigenvalue weighted by Gasteiger charge is 2.50. The third kappa shape index (κ3) is 2.06. The lowest BCUT2D eigenvalue weighted by Gasteiger charge is -2.10. The van der Waals surface area contributed by atoms with Gasteiger partial charge in [0.05, 0.1) is 5.41 Å². The summed E-state index contributed by atoms with van der Waals surface area (Å²) in [6, 6.07) is 0. The molecule has 2 rings (SSSR count). The number of carboxylic acids is 1. The van der Waals surface area contributed by atoms with Gasteiger partial charge in [0.25, 0.3) is 0 Å². The number of nitrogens with one attached hydrogen (secondary N) is 1. The normalized spacial score (nSPS) is 17.1. The number of carbonyl (C=O) groups is 1. The molecule has 15 heavy (non-hydrogen) atoms. The maximum Gasteiger partial charge on any atom is 0.311 e. The molecule has 0 aromatic carbocycles. The minimum atomic E-state index is -0.734. The summed E-state index contributed by atoms with van der Waals surface area (Å²) in [7, 11) is 0. The van der Waals surface area contributed by atoms with Gasteiger partial charge >= 0.3 is 5.97 Å². The van der Waals surface area contributed by atoms with Crippen LogP contribution in [0.5, 0.6) is 0 Å². The maximum atomic E-state index is 10.9. The van der Waals surface area contributed by atoms with Crippen LogP contribution in [0.4, 0.5) is 5.95 Å². The highest BCUT2D eigenvalue weighted by Crippen LogP contribution is 2.45. The Labute approximate surface area is 87.6 Å². The van der Waals surface area contributed by atoms with Gasteiger partial charge in [-0.1, -0.05) is 0 Å². The molecule has 5 heteroatoms. The maximum absolute atomic E-state index is 10.9. The summed E-state index contributed by atoms with van der Waals surface area (Å²) < 4.78 is 0. The van der Waals surface area contributed by atoms with Crippen LogP contribution in [0, 0.1) is 12.3 Å². The third-order valence-electron chi connectivity index (χ3n) is 2.67. The van der Waals surface area contributed by atoms with Crippen molar-refractivity contribution in [2.75, 3.05) is 11.9 Å². The molecule has 0 bridgehead atoms. The van der Waals surface area contributed by atoms with E-state index in [1.807, 2.05) is 6.92 Å². The first-order chi connectivity index (χ1) is 7.12. The summed E-state index contributed by atoms with van der Waals surface area (Å²) in [4.78, 5) is 19.0. The van der Waals surface area contributed by atoms with Crippen molar-refractivity contribution < 1.29 is 9.90 Å². The number of aliphatic carboxylic acids is 1. The van der Waals surface area contributed by atoms with Crippen molar-refractivity contribution in [3.05, 3.63) is 18.0 Å². The van der Waals surface area contributed by atoms with E-state index >= 15 is 0 Å². The Balaban J connectivity index is 1.94. The Hall–Kier alpha value is -1.65. The fraction of sp³-hybridized carbons (Fsp3) is 0.500. The van der Waals surface area contributed by atoms with Gasteiger partial charge in [0.15, 0.2) is 0 Å². The smallest absolute Gasteiger partial charge is 0.311 e. The van der Waals surface area contributed by atoms with Crippen molar-refractivity contribution in [3.63, 3.8) is 0 Å². The summed E-state index contributed by atoms with van der Waals surface area (Å²) in [5.41, 5.74) is 0.411. The van der Waals surface area contributed by atoms with Crippen molar-refractivity contribution in [1.29, 1.82) is 0 Å². The standard InChI is InChI=1S/C10H13N3O2/c1-7-4-11-9(12-5-7)13-6-10(2-3-10)8(14)15/h4-5H,2-3,6H2,1H3,(H,14,15)(H,11,12,13). The third-order valence-corrected chi connectivity index (χ3v) is 2.67. The summed E-state index contributed by atoms with van der Waals surface area (Å²) in [6.07, 6.45) is 4.88. The lowest BCUT2D eigenvalue weighted by Crippen LogP contribution is -2.24. The molecule has 0 spiro atoms. The van der Waals surface area contributed by atoms with Crippen LogP contribution >= 0.6 is 0 Å². The minimum absolute atomic E-state index is 0.408. The molecule has 1 aromatic rings. The Bertz CT molecular complexity index is 371. The van der Waals surface area contributed by atoms with E-state index < -0.39 is 11.4 Å². The van der Waals surface area contributed by atoms with E-state index in [0.29, 0.717) is 12.5 Å². The van der Waals surface area contributed by atoms with E-state index in [-0.39, 0.29) is 0 Å². The van der Waals surface area contributed by atoms with Crippen molar-refractivity contribution in [2.45, 2.75) is 19.8 Å². The van der Waals surface area contributed by atoms with Crippen LogP contribution in [0.3, 0.4) is 0 Å². The molecular weight excluding hydrogens is 194 g/mol.